The summed E-state index contributed by atoms with van der Waals surface area (Å²) in [5.74, 6) is 0.852. The molecule has 1 aliphatic rings. The van der Waals surface area contributed by atoms with Crippen LogP contribution in [0.5, 0.6) is 0 Å². The van der Waals surface area contributed by atoms with Crippen molar-refractivity contribution in [2.45, 2.75) is 32.2 Å². The number of anilines is 1. The first kappa shape index (κ1) is 17.5. The van der Waals surface area contributed by atoms with E-state index in [1.807, 2.05) is 33.0 Å². The number of nitrogens with zero attached hydrogens (tertiary/aromatic N) is 6. The number of nitrogens with one attached hydrogen (secondary N) is 1. The van der Waals surface area contributed by atoms with Gasteiger partial charge in [-0.1, -0.05) is 0 Å². The quantitative estimate of drug-likeness (QED) is 0.766. The molecule has 1 unspecified atom stereocenters. The molecule has 8 heteroatoms. The molecule has 1 aliphatic heterocycles. The zero-order valence-corrected chi connectivity index (χ0v) is 16.0. The molecule has 4 heterocycles. The van der Waals surface area contributed by atoms with Gasteiger partial charge in [0.15, 0.2) is 0 Å². The molecule has 1 atom stereocenters. The average molecular weight is 365 g/mol. The van der Waals surface area contributed by atoms with Crippen molar-refractivity contribution >= 4 is 16.9 Å². The van der Waals surface area contributed by atoms with Crippen molar-refractivity contribution in [2.75, 3.05) is 24.7 Å². The van der Waals surface area contributed by atoms with E-state index in [1.54, 1.807) is 10.9 Å². The summed E-state index contributed by atoms with van der Waals surface area (Å²) in [7, 11) is 1.89. The molecule has 0 spiro atoms. The van der Waals surface area contributed by atoms with E-state index >= 15 is 0 Å². The Hall–Kier alpha value is -2.92. The summed E-state index contributed by atoms with van der Waals surface area (Å²) in [6.45, 7) is 8.08. The molecule has 27 heavy (non-hydrogen) atoms. The first-order valence-corrected chi connectivity index (χ1v) is 9.06. The standard InChI is InChI=1S/C19H23N7O/c1-12-10-27-8-7-26(12)15-9-13(19(2,3)11-20)18-17(22-15)16(24-25(18)4)14-5-6-21-23-14/h5-6,9,12H,7-8,10H2,1-4H3,(H,21,23). The van der Waals surface area contributed by atoms with Gasteiger partial charge in [-0.2, -0.15) is 15.5 Å². The highest BCUT2D eigenvalue weighted by molar-refractivity contribution is 5.93. The molecule has 0 amide bonds. The minimum Gasteiger partial charge on any atom is -0.377 e. The van der Waals surface area contributed by atoms with Gasteiger partial charge in [-0.25, -0.2) is 4.98 Å². The minimum atomic E-state index is -0.676. The molecule has 0 saturated carbocycles. The zero-order chi connectivity index (χ0) is 19.2. The lowest BCUT2D eigenvalue weighted by atomic mass is 9.85. The number of hydrogen-bond acceptors (Lipinski definition) is 6. The molecule has 0 radical (unpaired) electrons. The lowest BCUT2D eigenvalue weighted by Crippen LogP contribution is -2.44. The predicted octanol–water partition coefficient (Wildman–Crippen LogP) is 2.38. The molecular weight excluding hydrogens is 342 g/mol. The minimum absolute atomic E-state index is 0.217. The van der Waals surface area contributed by atoms with Gasteiger partial charge in [0.1, 0.15) is 17.0 Å². The van der Waals surface area contributed by atoms with Crippen LogP contribution in [0.15, 0.2) is 18.3 Å². The maximum Gasteiger partial charge on any atom is 0.136 e. The first-order chi connectivity index (χ1) is 12.9. The smallest absolute Gasteiger partial charge is 0.136 e. The second-order valence-electron chi connectivity index (χ2n) is 7.52. The lowest BCUT2D eigenvalue weighted by molar-refractivity contribution is 0.0985. The molecule has 1 fully saturated rings. The Balaban J connectivity index is 2.01. The Morgan fingerprint density at radius 2 is 2.22 bits per heavy atom. The number of rotatable bonds is 3. The lowest BCUT2D eigenvalue weighted by Gasteiger charge is -2.35. The number of morpholine rings is 1. The second-order valence-corrected chi connectivity index (χ2v) is 7.52. The summed E-state index contributed by atoms with van der Waals surface area (Å²) < 4.78 is 7.38. The topological polar surface area (TPSA) is 95.7 Å². The van der Waals surface area contributed by atoms with Crippen molar-refractivity contribution < 1.29 is 4.74 Å². The van der Waals surface area contributed by atoms with Gasteiger partial charge in [-0.3, -0.25) is 9.78 Å². The van der Waals surface area contributed by atoms with Crippen LogP contribution in [0.3, 0.4) is 0 Å². The van der Waals surface area contributed by atoms with E-state index < -0.39 is 5.41 Å². The van der Waals surface area contributed by atoms with Gasteiger partial charge >= 0.3 is 0 Å². The molecule has 8 nitrogen and oxygen atoms in total. The zero-order valence-electron chi connectivity index (χ0n) is 16.0. The van der Waals surface area contributed by atoms with Crippen LogP contribution in [-0.2, 0) is 17.2 Å². The van der Waals surface area contributed by atoms with Crippen molar-refractivity contribution in [1.29, 1.82) is 5.26 Å². The Kier molecular flexibility index (Phi) is 4.12. The van der Waals surface area contributed by atoms with Crippen LogP contribution in [-0.4, -0.2) is 50.8 Å². The van der Waals surface area contributed by atoms with Gasteiger partial charge in [0.25, 0.3) is 0 Å². The van der Waals surface area contributed by atoms with Gasteiger partial charge in [-0.05, 0) is 32.9 Å². The SMILES string of the molecule is CC1COCCN1c1cc(C(C)(C)C#N)c2c(n1)c(-c1ccn[nH]1)nn2C. The van der Waals surface area contributed by atoms with Gasteiger partial charge in [-0.15, -0.1) is 0 Å². The third-order valence-electron chi connectivity index (χ3n) is 5.15. The predicted molar refractivity (Wildman–Crippen MR) is 102 cm³/mol. The number of aryl methyl sites for hydroxylation is 1. The molecule has 0 aromatic carbocycles. The summed E-state index contributed by atoms with van der Waals surface area (Å²) in [6, 6.07) is 6.56. The molecule has 1 saturated heterocycles. The number of pyridine rings is 1. The number of fused-ring (bicyclic) bond motifs is 1. The van der Waals surface area contributed by atoms with Gasteiger partial charge in [0.05, 0.1) is 42.0 Å². The fraction of sp³-hybridized carbons (Fsp3) is 0.474. The number of aromatic amines is 1. The molecule has 3 aromatic heterocycles. The van der Waals surface area contributed by atoms with E-state index in [1.165, 1.54) is 0 Å². The van der Waals surface area contributed by atoms with Crippen molar-refractivity contribution in [3.63, 3.8) is 0 Å². The molecule has 3 aromatic rings. The van der Waals surface area contributed by atoms with E-state index in [2.05, 4.69) is 33.2 Å². The van der Waals surface area contributed by atoms with Crippen LogP contribution >= 0.6 is 0 Å². The maximum absolute atomic E-state index is 9.79. The number of H-pyrrole nitrogens is 1. The Bertz CT molecular complexity index is 1010. The highest BCUT2D eigenvalue weighted by Gasteiger charge is 2.30. The maximum atomic E-state index is 9.79. The van der Waals surface area contributed by atoms with Gasteiger partial charge in [0.2, 0.25) is 0 Å². The number of aromatic nitrogens is 5. The van der Waals surface area contributed by atoms with Crippen molar-refractivity contribution in [3.8, 4) is 17.5 Å². The van der Waals surface area contributed by atoms with E-state index in [9.17, 15) is 5.26 Å². The summed E-state index contributed by atoms with van der Waals surface area (Å²) >= 11 is 0. The molecule has 140 valence electrons. The third-order valence-corrected chi connectivity index (χ3v) is 5.15. The van der Waals surface area contributed by atoms with Crippen molar-refractivity contribution in [1.82, 2.24) is 25.0 Å². The second kappa shape index (κ2) is 6.35. The number of nitriles is 1. The summed E-state index contributed by atoms with van der Waals surface area (Å²) in [4.78, 5) is 7.20. The van der Waals surface area contributed by atoms with Crippen LogP contribution in [0.4, 0.5) is 5.82 Å². The fourth-order valence-corrected chi connectivity index (χ4v) is 3.59. The summed E-state index contributed by atoms with van der Waals surface area (Å²) in [6.07, 6.45) is 1.70. The van der Waals surface area contributed by atoms with Crippen molar-refractivity contribution in [2.24, 2.45) is 7.05 Å². The van der Waals surface area contributed by atoms with Crippen LogP contribution < -0.4 is 4.90 Å². The summed E-state index contributed by atoms with van der Waals surface area (Å²) in [5.41, 5.74) is 3.44. The number of hydrogen-bond donors (Lipinski definition) is 1. The molecular formula is C19H23N7O. The van der Waals surface area contributed by atoms with E-state index in [4.69, 9.17) is 9.72 Å². The molecule has 1 N–H and O–H groups in total. The highest BCUT2D eigenvalue weighted by atomic mass is 16.5. The normalized spacial score (nSPS) is 18.0. The third kappa shape index (κ3) is 2.84. The van der Waals surface area contributed by atoms with Crippen LogP contribution in [0.25, 0.3) is 22.4 Å². The molecule has 0 bridgehead atoms. The van der Waals surface area contributed by atoms with Gasteiger partial charge < -0.3 is 9.64 Å². The fourth-order valence-electron chi connectivity index (χ4n) is 3.59. The van der Waals surface area contributed by atoms with E-state index in [-0.39, 0.29) is 6.04 Å². The molecule has 0 aliphatic carbocycles. The van der Waals surface area contributed by atoms with Gasteiger partial charge in [0, 0.05) is 25.4 Å². The van der Waals surface area contributed by atoms with Crippen LogP contribution in [0.1, 0.15) is 26.3 Å². The Morgan fingerprint density at radius 1 is 1.41 bits per heavy atom. The Labute approximate surface area is 157 Å². The summed E-state index contributed by atoms with van der Waals surface area (Å²) in [5, 5.41) is 21.5. The highest BCUT2D eigenvalue weighted by Crippen LogP contribution is 2.36. The molecule has 4 rings (SSSR count). The van der Waals surface area contributed by atoms with Crippen molar-refractivity contribution in [3.05, 3.63) is 23.9 Å². The first-order valence-electron chi connectivity index (χ1n) is 9.06. The van der Waals surface area contributed by atoms with E-state index in [0.29, 0.717) is 13.2 Å². The number of ether oxygens (including phenoxy) is 1. The van der Waals surface area contributed by atoms with Crippen LogP contribution in [0.2, 0.25) is 0 Å². The van der Waals surface area contributed by atoms with Crippen LogP contribution in [0, 0.1) is 11.3 Å². The Morgan fingerprint density at radius 3 is 2.89 bits per heavy atom. The average Bonchev–Trinajstić information content (AvgIpc) is 3.29. The monoisotopic (exact) mass is 365 g/mol. The van der Waals surface area contributed by atoms with E-state index in [0.717, 1.165) is 40.3 Å². The largest absolute Gasteiger partial charge is 0.377 e.